The quantitative estimate of drug-likeness (QED) is 0.249. The Hall–Kier alpha value is -4.79. The highest BCUT2D eigenvalue weighted by atomic mass is 16.5. The highest BCUT2D eigenvalue weighted by Crippen LogP contribution is 2.37. The summed E-state index contributed by atoms with van der Waals surface area (Å²) >= 11 is 0. The Morgan fingerprint density at radius 3 is 2.00 bits per heavy atom. The number of anilines is 1. The van der Waals surface area contributed by atoms with E-state index in [-0.39, 0.29) is 5.70 Å². The molecule has 3 rings (SSSR count). The second-order valence-electron chi connectivity index (χ2n) is 8.02. The summed E-state index contributed by atoms with van der Waals surface area (Å²) in [6.45, 7) is 0. The number of hydrogen-bond donors (Lipinski definition) is 2. The molecule has 0 aromatic heterocycles. The zero-order valence-corrected chi connectivity index (χ0v) is 21.4. The summed E-state index contributed by atoms with van der Waals surface area (Å²) in [7, 11) is 8.42. The van der Waals surface area contributed by atoms with Crippen LogP contribution in [-0.4, -0.2) is 53.5 Å². The Morgan fingerprint density at radius 1 is 0.838 bits per heavy atom. The number of hydrazone groups is 1. The summed E-state index contributed by atoms with van der Waals surface area (Å²) in [5.74, 6) is 0.337. The molecule has 0 fully saturated rings. The Kier molecular flexibility index (Phi) is 9.26. The average molecular weight is 503 g/mol. The molecule has 0 heterocycles. The zero-order valence-electron chi connectivity index (χ0n) is 21.4. The van der Waals surface area contributed by atoms with E-state index in [0.717, 1.165) is 11.3 Å². The van der Waals surface area contributed by atoms with E-state index in [2.05, 4.69) is 15.8 Å². The lowest BCUT2D eigenvalue weighted by molar-refractivity contribution is -0.117. The SMILES string of the molecule is COc1cc(/C=N/NC(=O)/C(=C/c2ccc(N(C)C)cc2)NC(=O)c2ccccc2)cc(OC)c1OC. The van der Waals surface area contributed by atoms with Crippen molar-refractivity contribution in [2.24, 2.45) is 5.10 Å². The van der Waals surface area contributed by atoms with E-state index in [1.165, 1.54) is 27.5 Å². The first-order chi connectivity index (χ1) is 17.9. The number of benzene rings is 3. The molecular formula is C28H30N4O5. The van der Waals surface area contributed by atoms with Gasteiger partial charge in [-0.1, -0.05) is 30.3 Å². The maximum absolute atomic E-state index is 13.0. The van der Waals surface area contributed by atoms with Gasteiger partial charge in [0.25, 0.3) is 11.8 Å². The van der Waals surface area contributed by atoms with Crippen LogP contribution in [0.4, 0.5) is 5.69 Å². The van der Waals surface area contributed by atoms with Crippen molar-refractivity contribution in [1.29, 1.82) is 0 Å². The summed E-state index contributed by atoms with van der Waals surface area (Å²) in [4.78, 5) is 27.8. The highest BCUT2D eigenvalue weighted by Gasteiger charge is 2.15. The van der Waals surface area contributed by atoms with Gasteiger partial charge in [0, 0.05) is 30.9 Å². The minimum Gasteiger partial charge on any atom is -0.493 e. The van der Waals surface area contributed by atoms with Crippen molar-refractivity contribution >= 4 is 29.8 Å². The third kappa shape index (κ3) is 7.11. The number of methoxy groups -OCH3 is 3. The van der Waals surface area contributed by atoms with Crippen LogP contribution in [0.3, 0.4) is 0 Å². The van der Waals surface area contributed by atoms with E-state index >= 15 is 0 Å². The number of rotatable bonds is 10. The average Bonchev–Trinajstić information content (AvgIpc) is 2.92. The molecule has 0 aliphatic carbocycles. The topological polar surface area (TPSA) is 101 Å². The van der Waals surface area contributed by atoms with Crippen molar-refractivity contribution in [2.45, 2.75) is 0 Å². The van der Waals surface area contributed by atoms with E-state index in [0.29, 0.717) is 28.4 Å². The first-order valence-electron chi connectivity index (χ1n) is 11.3. The lowest BCUT2D eigenvalue weighted by Crippen LogP contribution is -2.32. The van der Waals surface area contributed by atoms with Crippen LogP contribution in [0.5, 0.6) is 17.2 Å². The predicted octanol–water partition coefficient (Wildman–Crippen LogP) is 3.70. The molecule has 0 atom stereocenters. The number of ether oxygens (including phenoxy) is 3. The minimum absolute atomic E-state index is 0.0356. The molecule has 0 spiro atoms. The van der Waals surface area contributed by atoms with E-state index < -0.39 is 11.8 Å². The molecule has 0 unspecified atom stereocenters. The highest BCUT2D eigenvalue weighted by molar-refractivity contribution is 6.05. The molecule has 0 bridgehead atoms. The Labute approximate surface area is 216 Å². The molecule has 0 saturated carbocycles. The normalized spacial score (nSPS) is 11.1. The smallest absolute Gasteiger partial charge is 0.287 e. The fourth-order valence-corrected chi connectivity index (χ4v) is 3.38. The lowest BCUT2D eigenvalue weighted by atomic mass is 10.1. The first-order valence-corrected chi connectivity index (χ1v) is 11.3. The molecule has 0 aliphatic heterocycles. The number of carbonyl (C=O) groups is 2. The van der Waals surface area contributed by atoms with Gasteiger partial charge in [-0.25, -0.2) is 5.43 Å². The van der Waals surface area contributed by atoms with Crippen LogP contribution in [0.25, 0.3) is 6.08 Å². The minimum atomic E-state index is -0.593. The van der Waals surface area contributed by atoms with Gasteiger partial charge in [-0.05, 0) is 48.0 Å². The zero-order chi connectivity index (χ0) is 26.8. The van der Waals surface area contributed by atoms with Gasteiger partial charge in [0.1, 0.15) is 5.70 Å². The number of hydrogen-bond acceptors (Lipinski definition) is 7. The fraction of sp³-hybridized carbons (Fsp3) is 0.179. The Bertz CT molecular complexity index is 1260. The standard InChI is InChI=1S/C28H30N4O5/c1-32(2)22-13-11-19(12-14-22)15-23(30-27(33)21-9-7-6-8-10-21)28(34)31-29-18-20-16-24(35-3)26(37-5)25(17-20)36-4/h6-18H,1-5H3,(H,30,33)(H,31,34)/b23-15-,29-18+. The molecule has 9 heteroatoms. The van der Waals surface area contributed by atoms with E-state index in [1.807, 2.05) is 49.3 Å². The van der Waals surface area contributed by atoms with Crippen molar-refractivity contribution in [3.63, 3.8) is 0 Å². The Balaban J connectivity index is 1.85. The summed E-state index contributed by atoms with van der Waals surface area (Å²) in [5.41, 5.74) is 5.27. The molecule has 37 heavy (non-hydrogen) atoms. The Morgan fingerprint density at radius 2 is 1.46 bits per heavy atom. The van der Waals surface area contributed by atoms with Gasteiger partial charge in [0.05, 0.1) is 27.5 Å². The van der Waals surface area contributed by atoms with E-state index in [4.69, 9.17) is 14.2 Å². The van der Waals surface area contributed by atoms with Gasteiger partial charge < -0.3 is 24.4 Å². The summed E-state index contributed by atoms with van der Waals surface area (Å²) in [5, 5.41) is 6.74. The number of carbonyl (C=O) groups excluding carboxylic acids is 2. The van der Waals surface area contributed by atoms with E-state index in [1.54, 1.807) is 42.5 Å². The van der Waals surface area contributed by atoms with Crippen LogP contribution < -0.4 is 29.9 Å². The number of nitrogens with one attached hydrogen (secondary N) is 2. The van der Waals surface area contributed by atoms with Crippen molar-refractivity contribution < 1.29 is 23.8 Å². The molecule has 3 aromatic rings. The van der Waals surface area contributed by atoms with E-state index in [9.17, 15) is 9.59 Å². The molecule has 0 radical (unpaired) electrons. The summed E-state index contributed by atoms with van der Waals surface area (Å²) in [6, 6.07) is 19.6. The van der Waals surface area contributed by atoms with Gasteiger partial charge in [0.2, 0.25) is 5.75 Å². The summed E-state index contributed by atoms with van der Waals surface area (Å²) < 4.78 is 16.0. The first kappa shape index (κ1) is 26.8. The van der Waals surface area contributed by atoms with Crippen LogP contribution in [0.15, 0.2) is 77.5 Å². The van der Waals surface area contributed by atoms with Crippen LogP contribution in [-0.2, 0) is 4.79 Å². The second kappa shape index (κ2) is 12.8. The van der Waals surface area contributed by atoms with Crippen molar-refractivity contribution in [3.8, 4) is 17.2 Å². The van der Waals surface area contributed by atoms with Gasteiger partial charge in [-0.3, -0.25) is 9.59 Å². The third-order valence-corrected chi connectivity index (χ3v) is 5.32. The number of amides is 2. The van der Waals surface area contributed by atoms with Crippen LogP contribution >= 0.6 is 0 Å². The molecule has 3 aromatic carbocycles. The largest absolute Gasteiger partial charge is 0.493 e. The second-order valence-corrected chi connectivity index (χ2v) is 8.02. The summed E-state index contributed by atoms with van der Waals surface area (Å²) in [6.07, 6.45) is 3.02. The van der Waals surface area contributed by atoms with Crippen LogP contribution in [0, 0.1) is 0 Å². The monoisotopic (exact) mass is 502 g/mol. The molecule has 2 N–H and O–H groups in total. The maximum Gasteiger partial charge on any atom is 0.287 e. The van der Waals surface area contributed by atoms with Crippen LogP contribution in [0.1, 0.15) is 21.5 Å². The molecule has 192 valence electrons. The lowest BCUT2D eigenvalue weighted by Gasteiger charge is -2.13. The van der Waals surface area contributed by atoms with Crippen molar-refractivity contribution in [1.82, 2.24) is 10.7 Å². The van der Waals surface area contributed by atoms with Gasteiger partial charge >= 0.3 is 0 Å². The van der Waals surface area contributed by atoms with Crippen molar-refractivity contribution in [3.05, 3.63) is 89.1 Å². The fourth-order valence-electron chi connectivity index (χ4n) is 3.38. The maximum atomic E-state index is 13.0. The third-order valence-electron chi connectivity index (χ3n) is 5.32. The molecule has 2 amide bonds. The molecule has 9 nitrogen and oxygen atoms in total. The van der Waals surface area contributed by atoms with Crippen LogP contribution in [0.2, 0.25) is 0 Å². The van der Waals surface area contributed by atoms with Gasteiger partial charge in [-0.2, -0.15) is 5.10 Å². The van der Waals surface area contributed by atoms with Gasteiger partial charge in [-0.15, -0.1) is 0 Å². The molecular weight excluding hydrogens is 472 g/mol. The number of nitrogens with zero attached hydrogens (tertiary/aromatic N) is 2. The molecule has 0 aliphatic rings. The van der Waals surface area contributed by atoms with Crippen molar-refractivity contribution in [2.75, 3.05) is 40.3 Å². The predicted molar refractivity (Wildman–Crippen MR) is 144 cm³/mol. The molecule has 0 saturated heterocycles. The van der Waals surface area contributed by atoms with Gasteiger partial charge in [0.15, 0.2) is 11.5 Å².